The highest BCUT2D eigenvalue weighted by molar-refractivity contribution is 7.99. The minimum Gasteiger partial charge on any atom is -0.544 e. The number of hydrogen-bond donors (Lipinski definition) is 1. The lowest BCUT2D eigenvalue weighted by atomic mass is 10.2. The second-order valence-electron chi connectivity index (χ2n) is 3.87. The summed E-state index contributed by atoms with van der Waals surface area (Å²) in [7, 11) is 0. The van der Waals surface area contributed by atoms with Gasteiger partial charge in [0, 0.05) is 5.56 Å². The Morgan fingerprint density at radius 3 is 2.76 bits per heavy atom. The van der Waals surface area contributed by atoms with Crippen LogP contribution in [-0.4, -0.2) is 24.4 Å². The van der Waals surface area contributed by atoms with Gasteiger partial charge in [-0.25, -0.2) is 0 Å². The van der Waals surface area contributed by atoms with E-state index in [1.165, 1.54) is 0 Å². The number of nitrogens with two attached hydrogens (primary N) is 1. The van der Waals surface area contributed by atoms with Crippen LogP contribution in [0.1, 0.15) is 17.9 Å². The summed E-state index contributed by atoms with van der Waals surface area (Å²) in [5.41, 5.74) is 1.11. The van der Waals surface area contributed by atoms with Crippen LogP contribution in [0.25, 0.3) is 0 Å². The first kappa shape index (κ1) is 12.3. The van der Waals surface area contributed by atoms with Gasteiger partial charge in [0.2, 0.25) is 0 Å². The highest BCUT2D eigenvalue weighted by Crippen LogP contribution is 2.27. The van der Waals surface area contributed by atoms with Crippen LogP contribution in [0.3, 0.4) is 0 Å². The molecule has 4 nitrogen and oxygen atoms in total. The standard InChI is InChI=1S/C12H15NO3S/c1-2-16-9-5-3-8(4-6-9)11-13-10(7-17-11)12(14)15/h3-6,10-11,13H,2,7H2,1H3,(H,14,15)/t10-,11-/m1/s1. The van der Waals surface area contributed by atoms with Gasteiger partial charge < -0.3 is 20.0 Å². The number of aliphatic carboxylic acids is 1. The van der Waals surface area contributed by atoms with Crippen LogP contribution < -0.4 is 15.2 Å². The number of rotatable bonds is 4. The Kier molecular flexibility index (Phi) is 3.91. The van der Waals surface area contributed by atoms with Crippen molar-refractivity contribution in [2.75, 3.05) is 12.4 Å². The van der Waals surface area contributed by atoms with Crippen molar-refractivity contribution in [3.8, 4) is 5.75 Å². The Balaban J connectivity index is 2.01. The number of benzene rings is 1. The summed E-state index contributed by atoms with van der Waals surface area (Å²) in [5, 5.41) is 12.7. The maximum absolute atomic E-state index is 10.7. The fraction of sp³-hybridized carbons (Fsp3) is 0.417. The summed E-state index contributed by atoms with van der Waals surface area (Å²) < 4.78 is 5.36. The largest absolute Gasteiger partial charge is 0.544 e. The van der Waals surface area contributed by atoms with Crippen LogP contribution in [-0.2, 0) is 4.79 Å². The number of carboxylic acids is 1. The minimum atomic E-state index is -0.981. The van der Waals surface area contributed by atoms with Gasteiger partial charge in [0.25, 0.3) is 0 Å². The normalized spacial score (nSPS) is 23.6. The van der Waals surface area contributed by atoms with Crippen molar-refractivity contribution in [2.24, 2.45) is 0 Å². The van der Waals surface area contributed by atoms with Crippen molar-refractivity contribution in [3.63, 3.8) is 0 Å². The molecule has 1 heterocycles. The van der Waals surface area contributed by atoms with E-state index in [2.05, 4.69) is 0 Å². The molecule has 0 bridgehead atoms. The van der Waals surface area contributed by atoms with Gasteiger partial charge in [0.05, 0.1) is 12.4 Å². The van der Waals surface area contributed by atoms with E-state index in [0.717, 1.165) is 11.3 Å². The molecule has 1 aromatic rings. The number of quaternary nitrogens is 1. The van der Waals surface area contributed by atoms with Gasteiger partial charge in [-0.1, -0.05) is 11.8 Å². The molecule has 0 radical (unpaired) electrons. The van der Waals surface area contributed by atoms with E-state index in [1.54, 1.807) is 11.8 Å². The maximum atomic E-state index is 10.7. The Bertz CT molecular complexity index is 393. The number of thioether (sulfide) groups is 1. The second kappa shape index (κ2) is 5.42. The van der Waals surface area contributed by atoms with Crippen molar-refractivity contribution in [1.29, 1.82) is 0 Å². The Morgan fingerprint density at radius 1 is 1.53 bits per heavy atom. The Labute approximate surface area is 104 Å². The van der Waals surface area contributed by atoms with E-state index in [1.807, 2.05) is 36.5 Å². The molecule has 1 saturated heterocycles. The molecule has 0 aromatic heterocycles. The highest BCUT2D eigenvalue weighted by Gasteiger charge is 2.30. The van der Waals surface area contributed by atoms with Crippen LogP contribution in [0.2, 0.25) is 0 Å². The quantitative estimate of drug-likeness (QED) is 0.786. The number of carboxylic acid groups (broad SMARTS) is 1. The van der Waals surface area contributed by atoms with Crippen LogP contribution in [0, 0.1) is 0 Å². The first-order valence-corrected chi connectivity index (χ1v) is 6.65. The third-order valence-corrected chi connectivity index (χ3v) is 4.02. The van der Waals surface area contributed by atoms with Crippen LogP contribution in [0.15, 0.2) is 24.3 Å². The van der Waals surface area contributed by atoms with Crippen LogP contribution >= 0.6 is 11.8 Å². The molecule has 2 N–H and O–H groups in total. The van der Waals surface area contributed by atoms with E-state index < -0.39 is 12.0 Å². The maximum Gasteiger partial charge on any atom is 0.159 e. The average Bonchev–Trinajstić information content (AvgIpc) is 2.80. The molecule has 0 unspecified atom stereocenters. The van der Waals surface area contributed by atoms with Gasteiger partial charge in [0.1, 0.15) is 17.8 Å². The van der Waals surface area contributed by atoms with Crippen LogP contribution in [0.5, 0.6) is 5.75 Å². The monoisotopic (exact) mass is 253 g/mol. The van der Waals surface area contributed by atoms with Gasteiger partial charge in [-0.2, -0.15) is 0 Å². The van der Waals surface area contributed by atoms with Crippen LogP contribution in [0.4, 0.5) is 0 Å². The number of ether oxygens (including phenoxy) is 1. The molecule has 2 rings (SSSR count). The lowest BCUT2D eigenvalue weighted by molar-refractivity contribution is -0.690. The molecule has 2 atom stereocenters. The average molecular weight is 253 g/mol. The lowest BCUT2D eigenvalue weighted by Gasteiger charge is -2.11. The lowest BCUT2D eigenvalue weighted by Crippen LogP contribution is -2.90. The van der Waals surface area contributed by atoms with E-state index in [9.17, 15) is 9.90 Å². The molecule has 1 aromatic carbocycles. The molecule has 0 aliphatic carbocycles. The summed E-state index contributed by atoms with van der Waals surface area (Å²) in [5.74, 6) is 0.460. The summed E-state index contributed by atoms with van der Waals surface area (Å²) >= 11 is 1.63. The summed E-state index contributed by atoms with van der Waals surface area (Å²) in [4.78, 5) is 10.7. The smallest absolute Gasteiger partial charge is 0.159 e. The highest BCUT2D eigenvalue weighted by atomic mass is 32.2. The molecule has 1 aliphatic heterocycles. The summed E-state index contributed by atoms with van der Waals surface area (Å²) in [6.07, 6.45) is 0. The number of carbonyl (C=O) groups excluding carboxylic acids is 1. The third-order valence-electron chi connectivity index (χ3n) is 2.68. The van der Waals surface area contributed by atoms with Crippen molar-refractivity contribution >= 4 is 17.7 Å². The Morgan fingerprint density at radius 2 is 2.24 bits per heavy atom. The minimum absolute atomic E-state index is 0.147. The fourth-order valence-corrected chi connectivity index (χ4v) is 3.12. The zero-order valence-corrected chi connectivity index (χ0v) is 10.4. The third kappa shape index (κ3) is 2.92. The molecule has 17 heavy (non-hydrogen) atoms. The topological polar surface area (TPSA) is 66.0 Å². The molecule has 5 heteroatoms. The summed E-state index contributed by atoms with van der Waals surface area (Å²) in [6, 6.07) is 7.36. The predicted molar refractivity (Wildman–Crippen MR) is 63.5 cm³/mol. The number of carbonyl (C=O) groups is 1. The predicted octanol–water partition coefficient (Wildman–Crippen LogP) is -0.487. The zero-order valence-electron chi connectivity index (χ0n) is 9.59. The molecular formula is C12H15NO3S. The summed E-state index contributed by atoms with van der Waals surface area (Å²) in [6.45, 7) is 2.59. The van der Waals surface area contributed by atoms with Gasteiger partial charge in [-0.3, -0.25) is 0 Å². The van der Waals surface area contributed by atoms with Crippen molar-refractivity contribution in [2.45, 2.75) is 18.3 Å². The van der Waals surface area contributed by atoms with Gasteiger partial charge in [0.15, 0.2) is 5.37 Å². The first-order valence-electron chi connectivity index (χ1n) is 5.61. The van der Waals surface area contributed by atoms with E-state index in [4.69, 9.17) is 4.74 Å². The van der Waals surface area contributed by atoms with Crippen molar-refractivity contribution in [1.82, 2.24) is 0 Å². The molecule has 92 valence electrons. The van der Waals surface area contributed by atoms with E-state index in [-0.39, 0.29) is 5.37 Å². The van der Waals surface area contributed by atoms with Gasteiger partial charge in [-0.05, 0) is 31.2 Å². The van der Waals surface area contributed by atoms with Gasteiger partial charge >= 0.3 is 0 Å². The zero-order chi connectivity index (χ0) is 12.3. The van der Waals surface area contributed by atoms with E-state index in [0.29, 0.717) is 12.4 Å². The molecular weight excluding hydrogens is 238 g/mol. The number of hydrogen-bond acceptors (Lipinski definition) is 4. The van der Waals surface area contributed by atoms with E-state index >= 15 is 0 Å². The molecule has 0 amide bonds. The molecule has 1 aliphatic rings. The van der Waals surface area contributed by atoms with Gasteiger partial charge in [-0.15, -0.1) is 0 Å². The molecule has 0 spiro atoms. The van der Waals surface area contributed by atoms with Crippen molar-refractivity contribution < 1.29 is 20.0 Å². The molecule has 0 saturated carbocycles. The Hall–Kier alpha value is -1.20. The second-order valence-corrected chi connectivity index (χ2v) is 5.05. The van der Waals surface area contributed by atoms with Crippen molar-refractivity contribution in [3.05, 3.63) is 29.8 Å². The fourth-order valence-electron chi connectivity index (χ4n) is 1.80. The molecule has 1 fully saturated rings. The SMILES string of the molecule is CCOc1ccc([C@@H]2[NH2+][C@@H](C(=O)[O-])CS2)cc1. The first-order chi connectivity index (χ1) is 8.20.